The minimum Gasteiger partial charge on any atom is -0.393 e. The van der Waals surface area contributed by atoms with Crippen LogP contribution in [0.5, 0.6) is 0 Å². The van der Waals surface area contributed by atoms with Crippen molar-refractivity contribution in [3.05, 3.63) is 24.3 Å². The van der Waals surface area contributed by atoms with Gasteiger partial charge in [0, 0.05) is 0 Å². The number of aliphatic hydroxyl groups excluding tert-OH is 1. The van der Waals surface area contributed by atoms with Gasteiger partial charge in [0.15, 0.2) is 0 Å². The predicted molar refractivity (Wildman–Crippen MR) is 131 cm³/mol. The SMILES string of the molecule is C=CC(CCC(C)C1CCC2C3CC=C4CC(O)CCC4(C)C3CCC12C)(OO)C(C)C. The van der Waals surface area contributed by atoms with Crippen molar-refractivity contribution < 1.29 is 15.3 Å². The third-order valence-corrected chi connectivity index (χ3v) is 11.3. The van der Waals surface area contributed by atoms with Crippen LogP contribution in [0.2, 0.25) is 0 Å². The lowest BCUT2D eigenvalue weighted by Gasteiger charge is -2.58. The molecule has 9 atom stereocenters. The van der Waals surface area contributed by atoms with Gasteiger partial charge in [-0.15, -0.1) is 6.58 Å². The minimum absolute atomic E-state index is 0.118. The second-order valence-electron chi connectivity index (χ2n) is 12.8. The lowest BCUT2D eigenvalue weighted by molar-refractivity contribution is -0.321. The highest BCUT2D eigenvalue weighted by Gasteiger charge is 2.59. The monoisotopic (exact) mass is 444 g/mol. The molecule has 0 bridgehead atoms. The summed E-state index contributed by atoms with van der Waals surface area (Å²) in [5.41, 5.74) is 1.70. The summed E-state index contributed by atoms with van der Waals surface area (Å²) < 4.78 is 0. The van der Waals surface area contributed by atoms with Gasteiger partial charge in [-0.1, -0.05) is 52.3 Å². The first-order valence-corrected chi connectivity index (χ1v) is 13.4. The molecule has 0 amide bonds. The van der Waals surface area contributed by atoms with Crippen molar-refractivity contribution in [3.8, 4) is 0 Å². The Morgan fingerprint density at radius 1 is 1.16 bits per heavy atom. The van der Waals surface area contributed by atoms with Crippen molar-refractivity contribution >= 4 is 0 Å². The van der Waals surface area contributed by atoms with Crippen molar-refractivity contribution in [1.82, 2.24) is 0 Å². The fourth-order valence-corrected chi connectivity index (χ4v) is 9.09. The highest BCUT2D eigenvalue weighted by atomic mass is 17.1. The van der Waals surface area contributed by atoms with Crippen molar-refractivity contribution in [3.63, 3.8) is 0 Å². The molecule has 9 unspecified atom stereocenters. The number of allylic oxidation sites excluding steroid dienone is 1. The van der Waals surface area contributed by atoms with Gasteiger partial charge in [0.1, 0.15) is 5.60 Å². The summed E-state index contributed by atoms with van der Waals surface area (Å²) in [5, 5.41) is 19.9. The molecule has 0 spiro atoms. The summed E-state index contributed by atoms with van der Waals surface area (Å²) in [6, 6.07) is 0. The molecule has 32 heavy (non-hydrogen) atoms. The minimum atomic E-state index is -0.629. The van der Waals surface area contributed by atoms with Gasteiger partial charge in [-0.05, 0) is 111 Å². The maximum atomic E-state index is 10.3. The van der Waals surface area contributed by atoms with E-state index in [9.17, 15) is 10.4 Å². The molecule has 3 saturated carbocycles. The van der Waals surface area contributed by atoms with E-state index in [1.54, 1.807) is 5.57 Å². The van der Waals surface area contributed by atoms with E-state index in [4.69, 9.17) is 4.89 Å². The van der Waals surface area contributed by atoms with Crippen LogP contribution in [0.15, 0.2) is 24.3 Å². The van der Waals surface area contributed by atoms with Gasteiger partial charge in [-0.25, -0.2) is 4.89 Å². The Balaban J connectivity index is 1.49. The Morgan fingerprint density at radius 2 is 1.91 bits per heavy atom. The third kappa shape index (κ3) is 3.75. The molecule has 182 valence electrons. The zero-order chi connectivity index (χ0) is 23.3. The number of rotatable bonds is 7. The Bertz CT molecular complexity index is 728. The fraction of sp³-hybridized carbons (Fsp3) is 0.862. The molecule has 0 aromatic carbocycles. The van der Waals surface area contributed by atoms with E-state index >= 15 is 0 Å². The van der Waals surface area contributed by atoms with Crippen LogP contribution < -0.4 is 0 Å². The largest absolute Gasteiger partial charge is 0.393 e. The molecule has 0 aliphatic heterocycles. The maximum Gasteiger partial charge on any atom is 0.123 e. The zero-order valence-electron chi connectivity index (χ0n) is 21.3. The lowest BCUT2D eigenvalue weighted by atomic mass is 9.47. The van der Waals surface area contributed by atoms with Gasteiger partial charge in [0.2, 0.25) is 0 Å². The Kier molecular flexibility index (Phi) is 6.78. The van der Waals surface area contributed by atoms with E-state index in [0.29, 0.717) is 16.7 Å². The molecule has 3 nitrogen and oxygen atoms in total. The van der Waals surface area contributed by atoms with Crippen LogP contribution in [0, 0.1) is 46.3 Å². The molecule has 0 radical (unpaired) electrons. The van der Waals surface area contributed by atoms with E-state index < -0.39 is 5.60 Å². The molecule has 0 heterocycles. The van der Waals surface area contributed by atoms with E-state index in [2.05, 4.69) is 47.3 Å². The number of aliphatic hydroxyl groups is 1. The second-order valence-corrected chi connectivity index (χ2v) is 12.8. The normalized spacial score (nSPS) is 44.1. The zero-order valence-corrected chi connectivity index (χ0v) is 21.3. The highest BCUT2D eigenvalue weighted by Crippen LogP contribution is 2.67. The molecule has 0 aromatic heterocycles. The molecular formula is C29H48O3. The number of fused-ring (bicyclic) bond motifs is 5. The summed E-state index contributed by atoms with van der Waals surface area (Å²) in [6.07, 6.45) is 15.9. The van der Waals surface area contributed by atoms with Gasteiger partial charge >= 0.3 is 0 Å². The van der Waals surface area contributed by atoms with Crippen molar-refractivity contribution in [2.24, 2.45) is 46.3 Å². The second kappa shape index (κ2) is 8.86. The first-order valence-electron chi connectivity index (χ1n) is 13.4. The van der Waals surface area contributed by atoms with Crippen molar-refractivity contribution in [1.29, 1.82) is 0 Å². The van der Waals surface area contributed by atoms with Crippen molar-refractivity contribution in [2.45, 2.75) is 111 Å². The molecular weight excluding hydrogens is 396 g/mol. The van der Waals surface area contributed by atoms with Crippen LogP contribution in [-0.2, 0) is 4.89 Å². The van der Waals surface area contributed by atoms with Crippen LogP contribution in [0.4, 0.5) is 0 Å². The first kappa shape index (κ1) is 24.5. The smallest absolute Gasteiger partial charge is 0.123 e. The van der Waals surface area contributed by atoms with Crippen LogP contribution in [0.1, 0.15) is 98.8 Å². The molecule has 4 aliphatic carbocycles. The Hall–Kier alpha value is -0.640. The quantitative estimate of drug-likeness (QED) is 0.244. The average molecular weight is 445 g/mol. The third-order valence-electron chi connectivity index (χ3n) is 11.3. The van der Waals surface area contributed by atoms with E-state index in [1.165, 1.54) is 38.5 Å². The van der Waals surface area contributed by atoms with E-state index in [1.807, 2.05) is 6.08 Å². The summed E-state index contributed by atoms with van der Waals surface area (Å²) in [6.45, 7) is 15.7. The summed E-state index contributed by atoms with van der Waals surface area (Å²) in [4.78, 5) is 4.99. The molecule has 4 aliphatic rings. The van der Waals surface area contributed by atoms with Crippen LogP contribution in [0.25, 0.3) is 0 Å². The van der Waals surface area contributed by atoms with Crippen LogP contribution >= 0.6 is 0 Å². The maximum absolute atomic E-state index is 10.3. The van der Waals surface area contributed by atoms with Crippen molar-refractivity contribution in [2.75, 3.05) is 0 Å². The summed E-state index contributed by atoms with van der Waals surface area (Å²) in [7, 11) is 0. The highest BCUT2D eigenvalue weighted by molar-refractivity contribution is 5.25. The lowest BCUT2D eigenvalue weighted by Crippen LogP contribution is -2.50. The van der Waals surface area contributed by atoms with Crippen LogP contribution in [-0.4, -0.2) is 22.1 Å². The molecule has 0 aromatic rings. The molecule has 0 saturated heterocycles. The van der Waals surface area contributed by atoms with Gasteiger partial charge in [0.25, 0.3) is 0 Å². The molecule has 4 rings (SSSR count). The fourth-order valence-electron chi connectivity index (χ4n) is 9.09. The van der Waals surface area contributed by atoms with E-state index in [-0.39, 0.29) is 12.0 Å². The van der Waals surface area contributed by atoms with Crippen LogP contribution in [0.3, 0.4) is 0 Å². The molecule has 2 N–H and O–H groups in total. The predicted octanol–water partition coefficient (Wildman–Crippen LogP) is 7.41. The molecule has 3 fully saturated rings. The number of hydrogen-bond acceptors (Lipinski definition) is 3. The number of hydrogen-bond donors (Lipinski definition) is 2. The van der Waals surface area contributed by atoms with Gasteiger partial charge in [-0.3, -0.25) is 5.26 Å². The van der Waals surface area contributed by atoms with Gasteiger partial charge in [0.05, 0.1) is 6.10 Å². The standard InChI is InChI=1S/C29H48O3/c1-7-29(32-31,19(2)3)17-12-20(4)24-10-11-25-23-9-8-21-18-22(30)13-15-27(21,5)26(23)14-16-28(24,25)6/h7-8,19-20,22-26,30-31H,1,9-18H2,2-6H3. The summed E-state index contributed by atoms with van der Waals surface area (Å²) >= 11 is 0. The first-order chi connectivity index (χ1) is 15.1. The Morgan fingerprint density at radius 3 is 2.56 bits per heavy atom. The van der Waals surface area contributed by atoms with E-state index in [0.717, 1.165) is 49.4 Å². The Labute approximate surface area is 196 Å². The molecule has 3 heteroatoms. The average Bonchev–Trinajstić information content (AvgIpc) is 3.12. The summed E-state index contributed by atoms with van der Waals surface area (Å²) in [5.74, 6) is 4.05. The van der Waals surface area contributed by atoms with Gasteiger partial charge in [-0.2, -0.15) is 0 Å². The topological polar surface area (TPSA) is 49.7 Å². The van der Waals surface area contributed by atoms with Gasteiger partial charge < -0.3 is 5.11 Å².